The maximum Gasteiger partial charge on any atom is 0.0594 e. The van der Waals surface area contributed by atoms with Crippen LogP contribution in [0.3, 0.4) is 0 Å². The van der Waals surface area contributed by atoms with Crippen molar-refractivity contribution in [1.29, 1.82) is 0 Å². The SMILES string of the molecule is CC1C=C(Br)C=CC1CCN1CCOCC1. The van der Waals surface area contributed by atoms with Gasteiger partial charge in [-0.15, -0.1) is 0 Å². The van der Waals surface area contributed by atoms with E-state index in [9.17, 15) is 0 Å². The van der Waals surface area contributed by atoms with Crippen molar-refractivity contribution in [2.24, 2.45) is 11.8 Å². The molecule has 2 aliphatic rings. The lowest BCUT2D eigenvalue weighted by atomic mass is 9.87. The molecule has 0 amide bonds. The Kier molecular flexibility index (Phi) is 4.62. The molecule has 0 spiro atoms. The van der Waals surface area contributed by atoms with Crippen LogP contribution in [0.4, 0.5) is 0 Å². The largest absolute Gasteiger partial charge is 0.379 e. The molecular formula is C13H20BrNO. The average Bonchev–Trinajstić information content (AvgIpc) is 2.29. The first-order valence-corrected chi connectivity index (χ1v) is 6.90. The standard InChI is InChI=1S/C13H20BrNO/c1-11-10-13(14)3-2-12(11)4-5-15-6-8-16-9-7-15/h2-3,10-12H,4-9H2,1H3. The zero-order chi connectivity index (χ0) is 11.4. The fourth-order valence-corrected chi connectivity index (χ4v) is 2.91. The molecule has 2 nitrogen and oxygen atoms in total. The highest BCUT2D eigenvalue weighted by molar-refractivity contribution is 9.11. The first-order chi connectivity index (χ1) is 7.75. The smallest absolute Gasteiger partial charge is 0.0594 e. The van der Waals surface area contributed by atoms with Gasteiger partial charge >= 0.3 is 0 Å². The summed E-state index contributed by atoms with van der Waals surface area (Å²) in [4.78, 5) is 2.51. The zero-order valence-electron chi connectivity index (χ0n) is 9.86. The third kappa shape index (κ3) is 3.44. The van der Waals surface area contributed by atoms with Gasteiger partial charge in [0.15, 0.2) is 0 Å². The summed E-state index contributed by atoms with van der Waals surface area (Å²) in [6.45, 7) is 7.51. The van der Waals surface area contributed by atoms with E-state index >= 15 is 0 Å². The van der Waals surface area contributed by atoms with Gasteiger partial charge in [-0.25, -0.2) is 0 Å². The van der Waals surface area contributed by atoms with Gasteiger partial charge in [0.1, 0.15) is 0 Å². The number of morpholine rings is 1. The predicted molar refractivity (Wildman–Crippen MR) is 70.7 cm³/mol. The molecule has 0 saturated carbocycles. The highest BCUT2D eigenvalue weighted by atomic mass is 79.9. The number of nitrogens with zero attached hydrogens (tertiary/aromatic N) is 1. The van der Waals surface area contributed by atoms with Gasteiger partial charge in [-0.3, -0.25) is 4.90 Å². The summed E-state index contributed by atoms with van der Waals surface area (Å²) >= 11 is 3.53. The van der Waals surface area contributed by atoms with E-state index in [2.05, 4.69) is 46.0 Å². The summed E-state index contributed by atoms with van der Waals surface area (Å²) in [5.41, 5.74) is 0. The van der Waals surface area contributed by atoms with Gasteiger partial charge in [0.05, 0.1) is 13.2 Å². The molecule has 1 aliphatic carbocycles. The molecule has 2 rings (SSSR count). The molecule has 1 aliphatic heterocycles. The first-order valence-electron chi connectivity index (χ1n) is 6.11. The Balaban J connectivity index is 1.75. The highest BCUT2D eigenvalue weighted by Crippen LogP contribution is 2.27. The summed E-state index contributed by atoms with van der Waals surface area (Å²) in [5, 5.41) is 0. The summed E-state index contributed by atoms with van der Waals surface area (Å²) in [7, 11) is 0. The number of allylic oxidation sites excluding steroid dienone is 4. The molecular weight excluding hydrogens is 266 g/mol. The molecule has 1 fully saturated rings. The van der Waals surface area contributed by atoms with Gasteiger partial charge in [0.25, 0.3) is 0 Å². The summed E-state index contributed by atoms with van der Waals surface area (Å²) in [5.74, 6) is 1.35. The van der Waals surface area contributed by atoms with E-state index in [1.807, 2.05) is 0 Å². The van der Waals surface area contributed by atoms with E-state index in [0.717, 1.165) is 26.3 Å². The maximum atomic E-state index is 5.36. The predicted octanol–water partition coefficient (Wildman–Crippen LogP) is 2.81. The molecule has 0 aromatic carbocycles. The second-order valence-corrected chi connectivity index (χ2v) is 5.59. The number of rotatable bonds is 3. The lowest BCUT2D eigenvalue weighted by Crippen LogP contribution is -2.37. The van der Waals surface area contributed by atoms with Crippen molar-refractivity contribution in [3.8, 4) is 0 Å². The van der Waals surface area contributed by atoms with Crippen LogP contribution in [0.15, 0.2) is 22.7 Å². The minimum absolute atomic E-state index is 0.653. The molecule has 0 N–H and O–H groups in total. The van der Waals surface area contributed by atoms with Crippen LogP contribution in [0.2, 0.25) is 0 Å². The van der Waals surface area contributed by atoms with Crippen molar-refractivity contribution in [1.82, 2.24) is 4.90 Å². The van der Waals surface area contributed by atoms with Gasteiger partial charge in [-0.1, -0.05) is 41.1 Å². The Morgan fingerprint density at radius 2 is 2.19 bits per heavy atom. The van der Waals surface area contributed by atoms with Crippen LogP contribution in [0.25, 0.3) is 0 Å². The minimum Gasteiger partial charge on any atom is -0.379 e. The van der Waals surface area contributed by atoms with Gasteiger partial charge in [-0.2, -0.15) is 0 Å². The maximum absolute atomic E-state index is 5.36. The van der Waals surface area contributed by atoms with E-state index in [1.54, 1.807) is 0 Å². The lowest BCUT2D eigenvalue weighted by molar-refractivity contribution is 0.0356. The van der Waals surface area contributed by atoms with E-state index < -0.39 is 0 Å². The van der Waals surface area contributed by atoms with Crippen LogP contribution < -0.4 is 0 Å². The Hall–Kier alpha value is -0.120. The lowest BCUT2D eigenvalue weighted by Gasteiger charge is -2.29. The molecule has 90 valence electrons. The Labute approximate surface area is 106 Å². The Morgan fingerprint density at radius 3 is 2.88 bits per heavy atom. The molecule has 0 bridgehead atoms. The molecule has 16 heavy (non-hydrogen) atoms. The third-order valence-corrected chi connectivity index (χ3v) is 4.01. The number of hydrogen-bond acceptors (Lipinski definition) is 2. The molecule has 0 radical (unpaired) electrons. The molecule has 1 saturated heterocycles. The highest BCUT2D eigenvalue weighted by Gasteiger charge is 2.18. The first kappa shape index (κ1) is 12.3. The van der Waals surface area contributed by atoms with Gasteiger partial charge < -0.3 is 4.74 Å². The molecule has 2 unspecified atom stereocenters. The Morgan fingerprint density at radius 1 is 1.44 bits per heavy atom. The van der Waals surface area contributed by atoms with Crippen molar-refractivity contribution in [2.45, 2.75) is 13.3 Å². The summed E-state index contributed by atoms with van der Waals surface area (Å²) in [6.07, 6.45) is 8.09. The molecule has 0 aromatic rings. The monoisotopic (exact) mass is 285 g/mol. The van der Waals surface area contributed by atoms with Gasteiger partial charge in [0, 0.05) is 17.6 Å². The van der Waals surface area contributed by atoms with Crippen molar-refractivity contribution >= 4 is 15.9 Å². The van der Waals surface area contributed by atoms with Gasteiger partial charge in [-0.05, 0) is 24.8 Å². The van der Waals surface area contributed by atoms with Crippen molar-refractivity contribution in [3.63, 3.8) is 0 Å². The van der Waals surface area contributed by atoms with Crippen LogP contribution in [0, 0.1) is 11.8 Å². The quantitative estimate of drug-likeness (QED) is 0.791. The van der Waals surface area contributed by atoms with E-state index in [0.29, 0.717) is 11.8 Å². The topological polar surface area (TPSA) is 12.5 Å². The van der Waals surface area contributed by atoms with Crippen LogP contribution in [-0.4, -0.2) is 37.7 Å². The van der Waals surface area contributed by atoms with Crippen LogP contribution in [0.1, 0.15) is 13.3 Å². The fraction of sp³-hybridized carbons (Fsp3) is 0.692. The average molecular weight is 286 g/mol. The van der Waals surface area contributed by atoms with Crippen molar-refractivity contribution in [3.05, 3.63) is 22.7 Å². The van der Waals surface area contributed by atoms with E-state index in [4.69, 9.17) is 4.74 Å². The van der Waals surface area contributed by atoms with E-state index in [-0.39, 0.29) is 0 Å². The molecule has 2 atom stereocenters. The normalized spacial score (nSPS) is 31.5. The molecule has 1 heterocycles. The van der Waals surface area contributed by atoms with Crippen LogP contribution in [-0.2, 0) is 4.74 Å². The fourth-order valence-electron chi connectivity index (χ4n) is 2.34. The molecule has 0 aromatic heterocycles. The van der Waals surface area contributed by atoms with Crippen LogP contribution >= 0.6 is 15.9 Å². The zero-order valence-corrected chi connectivity index (χ0v) is 11.4. The second-order valence-electron chi connectivity index (χ2n) is 4.68. The van der Waals surface area contributed by atoms with Gasteiger partial charge in [0.2, 0.25) is 0 Å². The minimum atomic E-state index is 0.653. The number of halogens is 1. The third-order valence-electron chi connectivity index (χ3n) is 3.48. The van der Waals surface area contributed by atoms with Crippen molar-refractivity contribution in [2.75, 3.05) is 32.8 Å². The molecule has 3 heteroatoms. The summed E-state index contributed by atoms with van der Waals surface area (Å²) in [6, 6.07) is 0. The second kappa shape index (κ2) is 5.99. The van der Waals surface area contributed by atoms with Crippen molar-refractivity contribution < 1.29 is 4.74 Å². The summed E-state index contributed by atoms with van der Waals surface area (Å²) < 4.78 is 6.58. The Bertz CT molecular complexity index is 282. The number of hydrogen-bond donors (Lipinski definition) is 0. The van der Waals surface area contributed by atoms with E-state index in [1.165, 1.54) is 17.4 Å². The van der Waals surface area contributed by atoms with Crippen LogP contribution in [0.5, 0.6) is 0 Å². The number of ether oxygens (including phenoxy) is 1.